The van der Waals surface area contributed by atoms with E-state index in [0.29, 0.717) is 34.7 Å². The number of methoxy groups -OCH3 is 1. The number of aromatic nitrogens is 4. The largest absolute Gasteiger partial charge is 0.494 e. The fourth-order valence-corrected chi connectivity index (χ4v) is 3.35. The van der Waals surface area contributed by atoms with Gasteiger partial charge in [0.15, 0.2) is 0 Å². The van der Waals surface area contributed by atoms with Crippen molar-refractivity contribution >= 4 is 34.9 Å². The SMILES string of the molecule is CCn1nc(C)cc1C(=O)Nc1nc2cc(C(N)=O)cc(OC)c2n1C/C=C/CNC(=O)O. The van der Waals surface area contributed by atoms with Crippen LogP contribution in [-0.4, -0.2) is 56.0 Å². The number of allylic oxidation sites excluding steroid dienone is 1. The van der Waals surface area contributed by atoms with Crippen LogP contribution in [0.4, 0.5) is 10.7 Å². The van der Waals surface area contributed by atoms with Gasteiger partial charge in [-0.05, 0) is 32.0 Å². The van der Waals surface area contributed by atoms with Crippen LogP contribution in [0.2, 0.25) is 0 Å². The molecule has 0 saturated heterocycles. The van der Waals surface area contributed by atoms with Crippen molar-refractivity contribution in [3.05, 3.63) is 47.3 Å². The van der Waals surface area contributed by atoms with Gasteiger partial charge >= 0.3 is 6.09 Å². The van der Waals surface area contributed by atoms with Crippen LogP contribution in [0.5, 0.6) is 5.75 Å². The quantitative estimate of drug-likeness (QED) is 0.357. The summed E-state index contributed by atoms with van der Waals surface area (Å²) < 4.78 is 8.72. The number of ether oxygens (including phenoxy) is 1. The number of carboxylic acid groups (broad SMARTS) is 1. The third-order valence-corrected chi connectivity index (χ3v) is 4.80. The Labute approximate surface area is 189 Å². The minimum Gasteiger partial charge on any atom is -0.494 e. The highest BCUT2D eigenvalue weighted by Gasteiger charge is 2.21. The van der Waals surface area contributed by atoms with Crippen molar-refractivity contribution in [1.82, 2.24) is 24.6 Å². The molecule has 174 valence electrons. The van der Waals surface area contributed by atoms with E-state index >= 15 is 0 Å². The monoisotopic (exact) mass is 455 g/mol. The van der Waals surface area contributed by atoms with Crippen LogP contribution in [0.15, 0.2) is 30.4 Å². The summed E-state index contributed by atoms with van der Waals surface area (Å²) in [5.74, 6) is -0.481. The van der Waals surface area contributed by atoms with E-state index in [-0.39, 0.29) is 24.6 Å². The number of carbonyl (C=O) groups excluding carboxylic acids is 2. The van der Waals surface area contributed by atoms with Crippen LogP contribution in [0.25, 0.3) is 11.0 Å². The molecule has 2 heterocycles. The normalized spacial score (nSPS) is 11.1. The van der Waals surface area contributed by atoms with Gasteiger partial charge in [0.25, 0.3) is 5.91 Å². The average Bonchev–Trinajstić information content (AvgIpc) is 3.32. The lowest BCUT2D eigenvalue weighted by molar-refractivity contribution is 0.0995. The maximum absolute atomic E-state index is 13.0. The second kappa shape index (κ2) is 9.85. The number of nitrogens with zero attached hydrogens (tertiary/aromatic N) is 4. The predicted octanol–water partition coefficient (Wildman–Crippen LogP) is 1.74. The van der Waals surface area contributed by atoms with E-state index in [1.165, 1.54) is 19.2 Å². The van der Waals surface area contributed by atoms with Crippen molar-refractivity contribution in [2.45, 2.75) is 26.9 Å². The molecule has 12 heteroatoms. The van der Waals surface area contributed by atoms with Crippen LogP contribution < -0.4 is 21.1 Å². The topological polar surface area (TPSA) is 166 Å². The zero-order valence-corrected chi connectivity index (χ0v) is 18.5. The van der Waals surface area contributed by atoms with E-state index in [9.17, 15) is 14.4 Å². The van der Waals surface area contributed by atoms with Gasteiger partial charge in [0.2, 0.25) is 11.9 Å². The molecule has 0 aliphatic carbocycles. The number of hydrogen-bond acceptors (Lipinski definition) is 6. The molecule has 0 unspecified atom stereocenters. The zero-order chi connectivity index (χ0) is 24.1. The summed E-state index contributed by atoms with van der Waals surface area (Å²) in [5.41, 5.74) is 7.65. The van der Waals surface area contributed by atoms with Crippen molar-refractivity contribution in [3.63, 3.8) is 0 Å². The molecule has 3 amide bonds. The van der Waals surface area contributed by atoms with E-state index in [4.69, 9.17) is 15.6 Å². The third kappa shape index (κ3) is 5.11. The van der Waals surface area contributed by atoms with E-state index in [1.807, 2.05) is 6.92 Å². The highest BCUT2D eigenvalue weighted by atomic mass is 16.5. The molecule has 12 nitrogen and oxygen atoms in total. The van der Waals surface area contributed by atoms with Crippen molar-refractivity contribution in [3.8, 4) is 5.75 Å². The van der Waals surface area contributed by atoms with Gasteiger partial charge in [-0.15, -0.1) is 0 Å². The number of benzene rings is 1. The van der Waals surface area contributed by atoms with Gasteiger partial charge in [-0.1, -0.05) is 12.2 Å². The third-order valence-electron chi connectivity index (χ3n) is 4.80. The van der Waals surface area contributed by atoms with E-state index in [2.05, 4.69) is 20.7 Å². The smallest absolute Gasteiger partial charge is 0.404 e. The number of nitrogens with two attached hydrogens (primary N) is 1. The Morgan fingerprint density at radius 3 is 2.64 bits per heavy atom. The first kappa shape index (κ1) is 23.3. The number of aryl methyl sites for hydroxylation is 2. The molecule has 1 aromatic carbocycles. The number of hydrogen-bond donors (Lipinski definition) is 4. The van der Waals surface area contributed by atoms with Gasteiger partial charge in [-0.2, -0.15) is 5.10 Å². The fraction of sp³-hybridized carbons (Fsp3) is 0.286. The standard InChI is InChI=1S/C21H25N7O5/c1-4-28-15(9-12(2)26-28)19(30)25-20-24-14-10-13(18(22)29)11-16(33-3)17(14)27(20)8-6-5-7-23-21(31)32/h5-6,9-11,23H,4,7-8H2,1-3H3,(H2,22,29)(H,31,32)(H,24,25,30)/b6-5+. The molecule has 0 radical (unpaired) electrons. The lowest BCUT2D eigenvalue weighted by atomic mass is 10.1. The van der Waals surface area contributed by atoms with Crippen LogP contribution in [0.3, 0.4) is 0 Å². The van der Waals surface area contributed by atoms with Crippen LogP contribution >= 0.6 is 0 Å². The molecule has 3 aromatic rings. The molecule has 0 atom stereocenters. The minimum atomic E-state index is -1.14. The van der Waals surface area contributed by atoms with E-state index < -0.39 is 17.9 Å². The number of rotatable bonds is 9. The number of primary amides is 1. The summed E-state index contributed by atoms with van der Waals surface area (Å²) in [6, 6.07) is 4.69. The van der Waals surface area contributed by atoms with Gasteiger partial charge < -0.3 is 25.5 Å². The van der Waals surface area contributed by atoms with Gasteiger partial charge in [-0.25, -0.2) is 9.78 Å². The Balaban J connectivity index is 2.04. The lowest BCUT2D eigenvalue weighted by Gasteiger charge is -2.11. The van der Waals surface area contributed by atoms with E-state index in [0.717, 1.165) is 0 Å². The van der Waals surface area contributed by atoms with Crippen LogP contribution in [0.1, 0.15) is 33.5 Å². The molecule has 5 N–H and O–H groups in total. The first-order chi connectivity index (χ1) is 15.7. The number of nitrogens with one attached hydrogen (secondary N) is 2. The average molecular weight is 455 g/mol. The molecular weight excluding hydrogens is 430 g/mol. The predicted molar refractivity (Wildman–Crippen MR) is 121 cm³/mol. The lowest BCUT2D eigenvalue weighted by Crippen LogP contribution is -2.21. The van der Waals surface area contributed by atoms with Crippen molar-refractivity contribution < 1.29 is 24.2 Å². The van der Waals surface area contributed by atoms with Gasteiger partial charge in [0.05, 0.1) is 18.3 Å². The number of amides is 3. The summed E-state index contributed by atoms with van der Waals surface area (Å²) in [5, 5.41) is 18.0. The maximum Gasteiger partial charge on any atom is 0.404 e. The second-order valence-electron chi connectivity index (χ2n) is 7.05. The Kier molecular flexibility index (Phi) is 6.96. The number of fused-ring (bicyclic) bond motifs is 1. The molecule has 0 fully saturated rings. The van der Waals surface area contributed by atoms with Crippen LogP contribution in [0, 0.1) is 6.92 Å². The number of carbonyl (C=O) groups is 3. The Morgan fingerprint density at radius 1 is 1.24 bits per heavy atom. The molecule has 0 bridgehead atoms. The minimum absolute atomic E-state index is 0.113. The highest BCUT2D eigenvalue weighted by molar-refractivity contribution is 6.04. The Bertz CT molecular complexity index is 1240. The van der Waals surface area contributed by atoms with Crippen molar-refractivity contribution in [1.29, 1.82) is 0 Å². The molecule has 33 heavy (non-hydrogen) atoms. The van der Waals surface area contributed by atoms with Crippen molar-refractivity contribution in [2.75, 3.05) is 19.0 Å². The van der Waals surface area contributed by atoms with Crippen LogP contribution in [-0.2, 0) is 13.1 Å². The van der Waals surface area contributed by atoms with Gasteiger partial charge in [-0.3, -0.25) is 19.6 Å². The molecule has 3 rings (SSSR count). The second-order valence-corrected chi connectivity index (χ2v) is 7.05. The molecule has 2 aromatic heterocycles. The molecule has 0 aliphatic rings. The Hall–Kier alpha value is -4.35. The summed E-state index contributed by atoms with van der Waals surface area (Å²) >= 11 is 0. The van der Waals surface area contributed by atoms with E-state index in [1.54, 1.807) is 34.4 Å². The first-order valence-corrected chi connectivity index (χ1v) is 10.1. The van der Waals surface area contributed by atoms with Gasteiger partial charge in [0, 0.05) is 25.2 Å². The van der Waals surface area contributed by atoms with Gasteiger partial charge in [0.1, 0.15) is 17.0 Å². The summed E-state index contributed by atoms with van der Waals surface area (Å²) in [4.78, 5) is 39.8. The highest BCUT2D eigenvalue weighted by Crippen LogP contribution is 2.31. The molecule has 0 saturated carbocycles. The maximum atomic E-state index is 13.0. The summed E-state index contributed by atoms with van der Waals surface area (Å²) in [6.07, 6.45) is 2.21. The first-order valence-electron chi connectivity index (χ1n) is 10.1. The molecule has 0 spiro atoms. The summed E-state index contributed by atoms with van der Waals surface area (Å²) in [6.45, 7) is 4.55. The summed E-state index contributed by atoms with van der Waals surface area (Å²) in [7, 11) is 1.45. The van der Waals surface area contributed by atoms with Crippen molar-refractivity contribution in [2.24, 2.45) is 5.73 Å². The number of imidazole rings is 1. The number of anilines is 1. The molecule has 0 aliphatic heterocycles. The fourth-order valence-electron chi connectivity index (χ4n) is 3.35. The zero-order valence-electron chi connectivity index (χ0n) is 18.5. The molecular formula is C21H25N7O5. The Morgan fingerprint density at radius 2 is 2.00 bits per heavy atom.